The van der Waals surface area contributed by atoms with Gasteiger partial charge in [-0.05, 0) is 41.5 Å². The van der Waals surface area contributed by atoms with E-state index < -0.39 is 23.9 Å². The van der Waals surface area contributed by atoms with Crippen LogP contribution in [0, 0.1) is 11.3 Å². The quantitative estimate of drug-likeness (QED) is 0.652. The summed E-state index contributed by atoms with van der Waals surface area (Å²) >= 11 is 0. The van der Waals surface area contributed by atoms with Gasteiger partial charge in [0.2, 0.25) is 0 Å². The minimum Gasteiger partial charge on any atom is -0.399 e. The van der Waals surface area contributed by atoms with E-state index in [2.05, 4.69) is 26.5 Å². The van der Waals surface area contributed by atoms with E-state index in [1.165, 1.54) is 6.20 Å². The van der Waals surface area contributed by atoms with Crippen LogP contribution < -0.4 is 15.7 Å². The lowest BCUT2D eigenvalue weighted by molar-refractivity contribution is 0.00578. The largest absolute Gasteiger partial charge is 0.498 e. The average molecular weight is 451 g/mol. The lowest BCUT2D eigenvalue weighted by Gasteiger charge is -2.49. The Morgan fingerprint density at radius 3 is 2.39 bits per heavy atom. The number of nitrogens with one attached hydrogen (secondary N) is 1. The fourth-order valence-corrected chi connectivity index (χ4v) is 3.95. The number of rotatable bonds is 6. The lowest BCUT2D eigenvalue weighted by atomic mass is 9.81. The summed E-state index contributed by atoms with van der Waals surface area (Å²) in [6.07, 6.45) is 7.01. The molecule has 0 atom stereocenters. The molecule has 0 radical (unpaired) electrons. The van der Waals surface area contributed by atoms with Gasteiger partial charge in [-0.15, -0.1) is 0 Å². The van der Waals surface area contributed by atoms with Crippen LogP contribution in [0.5, 0.6) is 0 Å². The molecule has 1 amide bonds. The van der Waals surface area contributed by atoms with Crippen LogP contribution in [0.4, 0.5) is 5.82 Å². The van der Waals surface area contributed by atoms with Gasteiger partial charge in [0.1, 0.15) is 17.1 Å². The first kappa shape index (κ1) is 23.2. The van der Waals surface area contributed by atoms with Crippen molar-refractivity contribution in [3.8, 4) is 6.07 Å². The van der Waals surface area contributed by atoms with Crippen LogP contribution in [-0.4, -0.2) is 63.1 Å². The lowest BCUT2D eigenvalue weighted by Crippen LogP contribution is -2.63. The first-order chi connectivity index (χ1) is 15.5. The third-order valence-corrected chi connectivity index (χ3v) is 6.61. The Balaban J connectivity index is 1.47. The summed E-state index contributed by atoms with van der Waals surface area (Å²) in [7, 11) is -0.505. The molecule has 0 bridgehead atoms. The van der Waals surface area contributed by atoms with E-state index in [0.29, 0.717) is 25.3 Å². The Morgan fingerprint density at radius 1 is 1.18 bits per heavy atom. The fraction of sp³-hybridized carbons (Fsp3) is 0.591. The van der Waals surface area contributed by atoms with Crippen LogP contribution in [0.1, 0.15) is 58.5 Å². The molecule has 0 saturated carbocycles. The van der Waals surface area contributed by atoms with Crippen molar-refractivity contribution in [3.63, 3.8) is 0 Å². The summed E-state index contributed by atoms with van der Waals surface area (Å²) in [6, 6.07) is 2.31. The van der Waals surface area contributed by atoms with Gasteiger partial charge in [0.25, 0.3) is 5.91 Å². The molecule has 0 aromatic carbocycles. The van der Waals surface area contributed by atoms with Gasteiger partial charge in [-0.2, -0.15) is 10.4 Å². The zero-order valence-corrected chi connectivity index (χ0v) is 20.0. The molecule has 4 heterocycles. The number of aromatic nitrogens is 4. The Bertz CT molecular complexity index is 1050. The van der Waals surface area contributed by atoms with Crippen LogP contribution in [0.25, 0.3) is 0 Å². The number of amides is 1. The highest BCUT2D eigenvalue weighted by molar-refractivity contribution is 6.62. The van der Waals surface area contributed by atoms with Gasteiger partial charge in [-0.3, -0.25) is 9.48 Å². The monoisotopic (exact) mass is 451 g/mol. The maximum atomic E-state index is 12.1. The van der Waals surface area contributed by atoms with E-state index in [9.17, 15) is 10.1 Å². The predicted molar refractivity (Wildman–Crippen MR) is 123 cm³/mol. The molecular weight excluding hydrogens is 421 g/mol. The summed E-state index contributed by atoms with van der Waals surface area (Å²) in [5.41, 5.74) is -0.255. The van der Waals surface area contributed by atoms with Crippen molar-refractivity contribution >= 4 is 24.3 Å². The van der Waals surface area contributed by atoms with Gasteiger partial charge < -0.3 is 19.5 Å². The first-order valence-corrected chi connectivity index (χ1v) is 11.1. The second-order valence-electron chi connectivity index (χ2n) is 10.1. The number of carbonyl (C=O) groups excluding carboxylic acids is 1. The molecule has 0 unspecified atom stereocenters. The number of nitriles is 1. The van der Waals surface area contributed by atoms with E-state index in [1.807, 2.05) is 57.3 Å². The Kier molecular flexibility index (Phi) is 5.70. The second-order valence-corrected chi connectivity index (χ2v) is 10.1. The first-order valence-electron chi connectivity index (χ1n) is 11.1. The maximum absolute atomic E-state index is 12.1. The molecule has 2 aromatic rings. The fourth-order valence-electron chi connectivity index (χ4n) is 3.95. The zero-order valence-electron chi connectivity index (χ0n) is 20.0. The van der Waals surface area contributed by atoms with Gasteiger partial charge in [-0.1, -0.05) is 0 Å². The van der Waals surface area contributed by atoms with Crippen molar-refractivity contribution in [2.45, 2.75) is 70.7 Å². The number of hydrogen-bond acceptors (Lipinski definition) is 8. The van der Waals surface area contributed by atoms with E-state index in [4.69, 9.17) is 9.31 Å². The highest BCUT2D eigenvalue weighted by atomic mass is 16.7. The second kappa shape index (κ2) is 8.11. The predicted octanol–water partition coefficient (Wildman–Crippen LogP) is 1.24. The maximum Gasteiger partial charge on any atom is 0.498 e. The molecule has 0 spiro atoms. The standard InChI is InChI=1S/C22H30BN7O3/c1-15(2)28-19(31)17-10-26-18(11-25-17)29-13-22(14-29,7-8-24)30-12-16(9-27-30)23-32-20(3,4)21(5,6)33-23/h9-12,15H,7,13-14H2,1-6H3,(H,28,31). The summed E-state index contributed by atoms with van der Waals surface area (Å²) in [4.78, 5) is 22.8. The Labute approximate surface area is 194 Å². The van der Waals surface area contributed by atoms with Crippen molar-refractivity contribution in [1.82, 2.24) is 25.1 Å². The molecule has 11 heteroatoms. The third kappa shape index (κ3) is 4.21. The van der Waals surface area contributed by atoms with E-state index in [-0.39, 0.29) is 17.6 Å². The number of anilines is 1. The van der Waals surface area contributed by atoms with Gasteiger partial charge in [0.15, 0.2) is 0 Å². The van der Waals surface area contributed by atoms with Crippen molar-refractivity contribution < 1.29 is 14.1 Å². The molecule has 1 N–H and O–H groups in total. The molecule has 2 saturated heterocycles. The molecule has 2 aliphatic heterocycles. The van der Waals surface area contributed by atoms with Crippen molar-refractivity contribution in [3.05, 3.63) is 30.5 Å². The normalized spacial score (nSPS) is 20.4. The van der Waals surface area contributed by atoms with Gasteiger partial charge in [-0.25, -0.2) is 9.97 Å². The van der Waals surface area contributed by atoms with Gasteiger partial charge in [0, 0.05) is 37.0 Å². The van der Waals surface area contributed by atoms with Gasteiger partial charge in [0.05, 0.1) is 36.1 Å². The molecule has 10 nitrogen and oxygen atoms in total. The number of nitrogens with zero attached hydrogens (tertiary/aromatic N) is 6. The Hall–Kier alpha value is -2.97. The highest BCUT2D eigenvalue weighted by Gasteiger charge is 2.53. The Morgan fingerprint density at radius 2 is 1.85 bits per heavy atom. The molecule has 2 aromatic heterocycles. The van der Waals surface area contributed by atoms with E-state index in [1.54, 1.807) is 12.4 Å². The summed E-state index contributed by atoms with van der Waals surface area (Å²) in [5.74, 6) is 0.404. The van der Waals surface area contributed by atoms with Crippen LogP contribution in [0.15, 0.2) is 24.8 Å². The van der Waals surface area contributed by atoms with Crippen molar-refractivity contribution in [1.29, 1.82) is 5.26 Å². The zero-order chi connectivity index (χ0) is 24.0. The summed E-state index contributed by atoms with van der Waals surface area (Å²) in [5, 5.41) is 16.8. The number of hydrogen-bond donors (Lipinski definition) is 1. The van der Waals surface area contributed by atoms with Crippen molar-refractivity contribution in [2.75, 3.05) is 18.0 Å². The third-order valence-electron chi connectivity index (χ3n) is 6.61. The van der Waals surface area contributed by atoms with Crippen molar-refractivity contribution in [2.24, 2.45) is 0 Å². The van der Waals surface area contributed by atoms with E-state index in [0.717, 1.165) is 5.46 Å². The van der Waals surface area contributed by atoms with Crippen LogP contribution >= 0.6 is 0 Å². The molecular formula is C22H30BN7O3. The average Bonchev–Trinajstić information content (AvgIpc) is 3.27. The molecule has 174 valence electrons. The molecule has 4 rings (SSSR count). The SMILES string of the molecule is CC(C)NC(=O)c1cnc(N2CC(CC#N)(n3cc(B4OC(C)(C)C(C)(C)O4)cn3)C2)cn1. The smallest absolute Gasteiger partial charge is 0.399 e. The topological polar surface area (TPSA) is 118 Å². The minimum atomic E-state index is -0.505. The molecule has 33 heavy (non-hydrogen) atoms. The van der Waals surface area contributed by atoms with E-state index >= 15 is 0 Å². The molecule has 2 fully saturated rings. The van der Waals surface area contributed by atoms with Crippen LogP contribution in [-0.2, 0) is 14.8 Å². The summed E-state index contributed by atoms with van der Waals surface area (Å²) in [6.45, 7) is 12.9. The highest BCUT2D eigenvalue weighted by Crippen LogP contribution is 2.37. The van der Waals surface area contributed by atoms with Gasteiger partial charge >= 0.3 is 7.12 Å². The minimum absolute atomic E-state index is 0.0251. The number of carbonyl (C=O) groups is 1. The van der Waals surface area contributed by atoms with Crippen LogP contribution in [0.3, 0.4) is 0 Å². The summed E-state index contributed by atoms with van der Waals surface area (Å²) < 4.78 is 14.1. The van der Waals surface area contributed by atoms with Crippen LogP contribution in [0.2, 0.25) is 0 Å². The molecule has 2 aliphatic rings. The molecule has 0 aliphatic carbocycles.